The number of hydrogen-bond donors (Lipinski definition) is 2. The van der Waals surface area contributed by atoms with E-state index in [-0.39, 0.29) is 17.5 Å². The van der Waals surface area contributed by atoms with Crippen LogP contribution in [0.3, 0.4) is 0 Å². The van der Waals surface area contributed by atoms with Gasteiger partial charge in [-0.1, -0.05) is 6.42 Å². The zero-order chi connectivity index (χ0) is 10.8. The van der Waals surface area contributed by atoms with E-state index in [2.05, 4.69) is 4.90 Å². The summed E-state index contributed by atoms with van der Waals surface area (Å²) in [5.41, 5.74) is 11.0. The van der Waals surface area contributed by atoms with Crippen LogP contribution in [0.15, 0.2) is 0 Å². The van der Waals surface area contributed by atoms with Crippen molar-refractivity contribution in [3.8, 4) is 0 Å². The van der Waals surface area contributed by atoms with Crippen LogP contribution < -0.4 is 11.5 Å². The molecule has 0 radical (unpaired) electrons. The average Bonchev–Trinajstić information content (AvgIpc) is 2.01. The number of carbonyl (C=O) groups excluding carboxylic acids is 1. The molecule has 4 heteroatoms. The summed E-state index contributed by atoms with van der Waals surface area (Å²) in [6.07, 6.45) is 3.11. The maximum atomic E-state index is 11.2. The molecular weight excluding hydrogens is 178 g/mol. The normalized spacial score (nSPS) is 24.9. The molecule has 1 aliphatic rings. The largest absolute Gasteiger partial charge is 0.368 e. The Balaban J connectivity index is 2.59. The Morgan fingerprint density at radius 3 is 2.64 bits per heavy atom. The van der Waals surface area contributed by atoms with Gasteiger partial charge in [0.15, 0.2) is 0 Å². The highest BCUT2D eigenvalue weighted by molar-refractivity contribution is 5.79. The first-order chi connectivity index (χ1) is 6.40. The molecular formula is C10H21N3O. The van der Waals surface area contributed by atoms with Gasteiger partial charge in [-0.3, -0.25) is 9.69 Å². The van der Waals surface area contributed by atoms with Crippen molar-refractivity contribution in [3.05, 3.63) is 0 Å². The summed E-state index contributed by atoms with van der Waals surface area (Å²) >= 11 is 0. The molecule has 1 saturated heterocycles. The average molecular weight is 199 g/mol. The molecule has 1 aliphatic heterocycles. The molecule has 1 unspecified atom stereocenters. The van der Waals surface area contributed by atoms with Gasteiger partial charge in [-0.15, -0.1) is 0 Å². The number of amides is 1. The molecule has 0 aromatic rings. The number of hydrogen-bond acceptors (Lipinski definition) is 3. The molecule has 0 spiro atoms. The highest BCUT2D eigenvalue weighted by Gasteiger charge is 2.29. The van der Waals surface area contributed by atoms with Crippen LogP contribution >= 0.6 is 0 Å². The smallest absolute Gasteiger partial charge is 0.234 e. The first kappa shape index (κ1) is 11.5. The van der Waals surface area contributed by atoms with Crippen molar-refractivity contribution in [1.82, 2.24) is 4.90 Å². The zero-order valence-corrected chi connectivity index (χ0v) is 9.12. The van der Waals surface area contributed by atoms with Crippen LogP contribution in [-0.2, 0) is 4.79 Å². The Bertz CT molecular complexity index is 210. The van der Waals surface area contributed by atoms with Crippen molar-refractivity contribution in [2.45, 2.75) is 44.7 Å². The van der Waals surface area contributed by atoms with Gasteiger partial charge in [0, 0.05) is 12.1 Å². The van der Waals surface area contributed by atoms with Gasteiger partial charge >= 0.3 is 0 Å². The van der Waals surface area contributed by atoms with Crippen molar-refractivity contribution in [2.75, 3.05) is 13.1 Å². The molecule has 1 amide bonds. The van der Waals surface area contributed by atoms with Crippen molar-refractivity contribution >= 4 is 5.91 Å². The first-order valence-electron chi connectivity index (χ1n) is 5.22. The van der Waals surface area contributed by atoms with Crippen LogP contribution in [0.4, 0.5) is 0 Å². The number of likely N-dealkylation sites (tertiary alicyclic amines) is 1. The summed E-state index contributed by atoms with van der Waals surface area (Å²) < 4.78 is 0. The minimum absolute atomic E-state index is 0.105. The van der Waals surface area contributed by atoms with E-state index >= 15 is 0 Å². The van der Waals surface area contributed by atoms with Gasteiger partial charge in [0.1, 0.15) is 0 Å². The Hall–Kier alpha value is -0.610. The fourth-order valence-corrected chi connectivity index (χ4v) is 2.03. The third-order valence-electron chi connectivity index (χ3n) is 2.55. The predicted molar refractivity (Wildman–Crippen MR) is 56.7 cm³/mol. The molecule has 0 saturated carbocycles. The lowest BCUT2D eigenvalue weighted by atomic mass is 9.98. The zero-order valence-electron chi connectivity index (χ0n) is 9.12. The van der Waals surface area contributed by atoms with Crippen LogP contribution in [0.1, 0.15) is 33.1 Å². The predicted octanol–water partition coefficient (Wildman–Crippen LogP) is 0.0635. The lowest BCUT2D eigenvalue weighted by Gasteiger charge is -2.37. The van der Waals surface area contributed by atoms with E-state index in [1.165, 1.54) is 0 Å². The molecule has 0 aliphatic carbocycles. The summed E-state index contributed by atoms with van der Waals surface area (Å²) in [5.74, 6) is -0.214. The Labute approximate surface area is 85.6 Å². The van der Waals surface area contributed by atoms with E-state index < -0.39 is 0 Å². The number of carbonyl (C=O) groups is 1. The van der Waals surface area contributed by atoms with E-state index in [0.717, 1.165) is 32.4 Å². The van der Waals surface area contributed by atoms with Crippen LogP contribution in [0, 0.1) is 0 Å². The number of piperidine rings is 1. The summed E-state index contributed by atoms with van der Waals surface area (Å²) in [7, 11) is 0. The Kier molecular flexibility index (Phi) is 3.50. The molecule has 1 atom stereocenters. The monoisotopic (exact) mass is 199 g/mol. The molecule has 1 fully saturated rings. The lowest BCUT2D eigenvalue weighted by Crippen LogP contribution is -2.54. The second kappa shape index (κ2) is 4.28. The second-order valence-electron chi connectivity index (χ2n) is 4.87. The number of rotatable bonds is 3. The molecule has 0 bridgehead atoms. The minimum atomic E-state index is -0.259. The third kappa shape index (κ3) is 3.27. The summed E-state index contributed by atoms with van der Waals surface area (Å²) in [4.78, 5) is 13.3. The number of nitrogens with two attached hydrogens (primary N) is 2. The molecule has 14 heavy (non-hydrogen) atoms. The molecule has 1 heterocycles. The van der Waals surface area contributed by atoms with Crippen LogP contribution in [0.25, 0.3) is 0 Å². The molecule has 4 N–H and O–H groups in total. The minimum Gasteiger partial charge on any atom is -0.368 e. The van der Waals surface area contributed by atoms with Gasteiger partial charge in [-0.05, 0) is 33.2 Å². The van der Waals surface area contributed by atoms with E-state index in [4.69, 9.17) is 11.5 Å². The van der Waals surface area contributed by atoms with Crippen LogP contribution in [-0.4, -0.2) is 35.5 Å². The van der Waals surface area contributed by atoms with E-state index in [1.54, 1.807) is 0 Å². The molecule has 1 rings (SSSR count). The third-order valence-corrected chi connectivity index (χ3v) is 2.55. The molecule has 0 aromatic heterocycles. The van der Waals surface area contributed by atoms with Crippen molar-refractivity contribution in [1.29, 1.82) is 0 Å². The molecule has 0 aromatic carbocycles. The molecule has 4 nitrogen and oxygen atoms in total. The van der Waals surface area contributed by atoms with Crippen molar-refractivity contribution in [2.24, 2.45) is 11.5 Å². The quantitative estimate of drug-likeness (QED) is 0.675. The highest BCUT2D eigenvalue weighted by Crippen LogP contribution is 2.18. The fourth-order valence-electron chi connectivity index (χ4n) is 2.03. The van der Waals surface area contributed by atoms with Gasteiger partial charge in [0.2, 0.25) is 5.91 Å². The first-order valence-corrected chi connectivity index (χ1v) is 5.22. The number of nitrogens with zero attached hydrogens (tertiary/aromatic N) is 1. The SMILES string of the molecule is CC(C)(N)CN1CCCCC1C(N)=O. The second-order valence-corrected chi connectivity index (χ2v) is 4.87. The summed E-state index contributed by atoms with van der Waals surface area (Å²) in [6.45, 7) is 5.62. The Morgan fingerprint density at radius 1 is 1.50 bits per heavy atom. The highest BCUT2D eigenvalue weighted by atomic mass is 16.1. The van der Waals surface area contributed by atoms with E-state index in [0.29, 0.717) is 0 Å². The van der Waals surface area contributed by atoms with Crippen molar-refractivity contribution in [3.63, 3.8) is 0 Å². The van der Waals surface area contributed by atoms with Gasteiger partial charge in [-0.25, -0.2) is 0 Å². The maximum absolute atomic E-state index is 11.2. The van der Waals surface area contributed by atoms with E-state index in [1.807, 2.05) is 13.8 Å². The number of primary amides is 1. The van der Waals surface area contributed by atoms with Gasteiger partial charge in [0.05, 0.1) is 6.04 Å². The fraction of sp³-hybridized carbons (Fsp3) is 0.900. The summed E-state index contributed by atoms with van der Waals surface area (Å²) in [6, 6.07) is -0.105. The van der Waals surface area contributed by atoms with Gasteiger partial charge in [0.25, 0.3) is 0 Å². The molecule has 82 valence electrons. The van der Waals surface area contributed by atoms with Crippen LogP contribution in [0.2, 0.25) is 0 Å². The van der Waals surface area contributed by atoms with E-state index in [9.17, 15) is 4.79 Å². The lowest BCUT2D eigenvalue weighted by molar-refractivity contribution is -0.124. The van der Waals surface area contributed by atoms with Gasteiger partial charge in [-0.2, -0.15) is 0 Å². The topological polar surface area (TPSA) is 72.3 Å². The van der Waals surface area contributed by atoms with Crippen LogP contribution in [0.5, 0.6) is 0 Å². The Morgan fingerprint density at radius 2 is 2.14 bits per heavy atom. The van der Waals surface area contributed by atoms with Gasteiger partial charge < -0.3 is 11.5 Å². The summed E-state index contributed by atoms with van der Waals surface area (Å²) in [5, 5.41) is 0. The maximum Gasteiger partial charge on any atom is 0.234 e. The standard InChI is InChI=1S/C10H21N3O/c1-10(2,12)7-13-6-4-3-5-8(13)9(11)14/h8H,3-7,12H2,1-2H3,(H2,11,14). The van der Waals surface area contributed by atoms with Crippen molar-refractivity contribution < 1.29 is 4.79 Å².